The van der Waals surface area contributed by atoms with Crippen LogP contribution in [0.3, 0.4) is 0 Å². The standard InChI is InChI=1S/C26H25N3O2/c30-24(28-22-15-7-10-18-27-22)23-20-13-5-6-14-21(20)25(31)29(19-11-3-1-4-12-19)26(23)16-8-2-9-17-26/h1,3-7,10-15,18,23H,2,8-9,16-17H2,(H,27,28,30)/t23-/m1/s1. The molecular weight excluding hydrogens is 386 g/mol. The van der Waals surface area contributed by atoms with Crippen LogP contribution in [0, 0.1) is 0 Å². The fourth-order valence-corrected chi connectivity index (χ4v) is 5.33. The Bertz CT molecular complexity index is 1090. The van der Waals surface area contributed by atoms with Crippen molar-refractivity contribution in [2.24, 2.45) is 0 Å². The number of nitrogens with one attached hydrogen (secondary N) is 1. The molecule has 31 heavy (non-hydrogen) atoms. The Hall–Kier alpha value is -3.47. The van der Waals surface area contributed by atoms with Crippen LogP contribution in [0.5, 0.6) is 0 Å². The van der Waals surface area contributed by atoms with Crippen molar-refractivity contribution in [3.8, 4) is 0 Å². The van der Waals surface area contributed by atoms with Gasteiger partial charge in [0.2, 0.25) is 5.91 Å². The normalized spacial score (nSPS) is 19.7. The number of carbonyl (C=O) groups is 2. The third-order valence-corrected chi connectivity index (χ3v) is 6.60. The van der Waals surface area contributed by atoms with Crippen LogP contribution in [-0.2, 0) is 4.79 Å². The summed E-state index contributed by atoms with van der Waals surface area (Å²) in [5.41, 5.74) is 1.67. The van der Waals surface area contributed by atoms with Crippen molar-refractivity contribution in [2.45, 2.75) is 43.6 Å². The van der Waals surface area contributed by atoms with Gasteiger partial charge in [0, 0.05) is 17.4 Å². The summed E-state index contributed by atoms with van der Waals surface area (Å²) in [6.07, 6.45) is 6.36. The molecule has 2 aliphatic rings. The Balaban J connectivity index is 1.68. The van der Waals surface area contributed by atoms with Gasteiger partial charge in [-0.3, -0.25) is 9.59 Å². The van der Waals surface area contributed by atoms with E-state index in [4.69, 9.17) is 0 Å². The van der Waals surface area contributed by atoms with Crippen molar-refractivity contribution in [2.75, 3.05) is 10.2 Å². The second-order valence-electron chi connectivity index (χ2n) is 8.36. The van der Waals surface area contributed by atoms with Crippen LogP contribution >= 0.6 is 0 Å². The topological polar surface area (TPSA) is 62.3 Å². The van der Waals surface area contributed by atoms with Gasteiger partial charge in [0.25, 0.3) is 5.91 Å². The number of hydrogen-bond donors (Lipinski definition) is 1. The lowest BCUT2D eigenvalue weighted by atomic mass is 9.65. The fraction of sp³-hybridized carbons (Fsp3) is 0.269. The lowest BCUT2D eigenvalue weighted by molar-refractivity contribution is -0.119. The highest BCUT2D eigenvalue weighted by atomic mass is 16.2. The first-order chi connectivity index (χ1) is 15.2. The Morgan fingerprint density at radius 2 is 1.61 bits per heavy atom. The molecule has 1 fully saturated rings. The molecule has 2 aromatic carbocycles. The average Bonchev–Trinajstić information content (AvgIpc) is 2.81. The van der Waals surface area contributed by atoms with E-state index in [2.05, 4.69) is 10.3 Å². The number of para-hydroxylation sites is 1. The predicted molar refractivity (Wildman–Crippen MR) is 121 cm³/mol. The molecule has 5 rings (SSSR count). The van der Waals surface area contributed by atoms with E-state index in [-0.39, 0.29) is 11.8 Å². The molecule has 2 heterocycles. The summed E-state index contributed by atoms with van der Waals surface area (Å²) in [6.45, 7) is 0. The third-order valence-electron chi connectivity index (χ3n) is 6.60. The van der Waals surface area contributed by atoms with Gasteiger partial charge in [-0.2, -0.15) is 0 Å². The Morgan fingerprint density at radius 1 is 0.903 bits per heavy atom. The molecule has 0 bridgehead atoms. The zero-order valence-corrected chi connectivity index (χ0v) is 17.3. The van der Waals surface area contributed by atoms with Crippen molar-refractivity contribution in [3.05, 3.63) is 90.1 Å². The number of carbonyl (C=O) groups excluding carboxylic acids is 2. The summed E-state index contributed by atoms with van der Waals surface area (Å²) in [7, 11) is 0. The Morgan fingerprint density at radius 3 is 2.35 bits per heavy atom. The van der Waals surface area contributed by atoms with E-state index in [0.717, 1.165) is 43.4 Å². The summed E-state index contributed by atoms with van der Waals surface area (Å²) in [5, 5.41) is 3.02. The maximum absolute atomic E-state index is 13.8. The maximum Gasteiger partial charge on any atom is 0.259 e. The highest BCUT2D eigenvalue weighted by Gasteiger charge is 2.55. The van der Waals surface area contributed by atoms with Crippen LogP contribution in [0.25, 0.3) is 0 Å². The minimum Gasteiger partial charge on any atom is -0.310 e. The molecule has 0 unspecified atom stereocenters. The van der Waals surface area contributed by atoms with Crippen molar-refractivity contribution in [1.82, 2.24) is 4.98 Å². The predicted octanol–water partition coefficient (Wildman–Crippen LogP) is 5.17. The third kappa shape index (κ3) is 3.30. The summed E-state index contributed by atoms with van der Waals surface area (Å²) in [5.74, 6) is -0.0740. The Kier molecular flexibility index (Phi) is 5.02. The molecule has 5 nitrogen and oxygen atoms in total. The molecule has 0 radical (unpaired) electrons. The maximum atomic E-state index is 13.8. The molecule has 156 valence electrons. The van der Waals surface area contributed by atoms with Crippen LogP contribution in [0.15, 0.2) is 79.0 Å². The van der Waals surface area contributed by atoms with Gasteiger partial charge >= 0.3 is 0 Å². The molecule has 1 atom stereocenters. The Labute approximate surface area is 182 Å². The zero-order valence-electron chi connectivity index (χ0n) is 17.3. The van der Waals surface area contributed by atoms with E-state index in [1.165, 1.54) is 0 Å². The van der Waals surface area contributed by atoms with Gasteiger partial charge in [-0.15, -0.1) is 0 Å². The van der Waals surface area contributed by atoms with Crippen molar-refractivity contribution in [1.29, 1.82) is 0 Å². The van der Waals surface area contributed by atoms with Crippen LogP contribution < -0.4 is 10.2 Å². The first kappa shape index (κ1) is 19.5. The SMILES string of the molecule is O=C(Nc1ccccn1)[C@H]1c2ccccc2C(=O)N(c2ccccc2)C12CCCCC2. The highest BCUT2D eigenvalue weighted by molar-refractivity contribution is 6.13. The molecule has 1 aliphatic heterocycles. The van der Waals surface area contributed by atoms with Gasteiger partial charge in [-0.25, -0.2) is 4.98 Å². The van der Waals surface area contributed by atoms with Crippen LogP contribution in [0.1, 0.15) is 53.9 Å². The number of anilines is 2. The van der Waals surface area contributed by atoms with Crippen molar-refractivity contribution < 1.29 is 9.59 Å². The number of pyridine rings is 1. The zero-order chi connectivity index (χ0) is 21.3. The van der Waals surface area contributed by atoms with Gasteiger partial charge in [0.1, 0.15) is 5.82 Å². The largest absolute Gasteiger partial charge is 0.310 e. The molecule has 2 amide bonds. The summed E-state index contributed by atoms with van der Waals surface area (Å²) >= 11 is 0. The monoisotopic (exact) mass is 411 g/mol. The van der Waals surface area contributed by atoms with Crippen LogP contribution in [-0.4, -0.2) is 22.3 Å². The minimum absolute atomic E-state index is 0.0226. The van der Waals surface area contributed by atoms with Crippen LogP contribution in [0.4, 0.5) is 11.5 Å². The number of amides is 2. The highest BCUT2D eigenvalue weighted by Crippen LogP contribution is 2.51. The lowest BCUT2D eigenvalue weighted by Crippen LogP contribution is -2.62. The lowest BCUT2D eigenvalue weighted by Gasteiger charge is -2.53. The quantitative estimate of drug-likeness (QED) is 0.647. The molecule has 1 spiro atoms. The van der Waals surface area contributed by atoms with Crippen molar-refractivity contribution >= 4 is 23.3 Å². The second-order valence-corrected chi connectivity index (χ2v) is 8.36. The van der Waals surface area contributed by atoms with Gasteiger partial charge in [-0.1, -0.05) is 61.7 Å². The van der Waals surface area contributed by atoms with Crippen molar-refractivity contribution in [3.63, 3.8) is 0 Å². The number of fused-ring (bicyclic) bond motifs is 1. The van der Waals surface area contributed by atoms with Crippen LogP contribution in [0.2, 0.25) is 0 Å². The number of aromatic nitrogens is 1. The first-order valence-corrected chi connectivity index (χ1v) is 10.9. The van der Waals surface area contributed by atoms with Gasteiger partial charge in [-0.05, 0) is 48.7 Å². The van der Waals surface area contributed by atoms with E-state index >= 15 is 0 Å². The fourth-order valence-electron chi connectivity index (χ4n) is 5.33. The molecule has 1 N–H and O–H groups in total. The van der Waals surface area contributed by atoms with E-state index in [1.807, 2.05) is 71.6 Å². The summed E-state index contributed by atoms with van der Waals surface area (Å²) < 4.78 is 0. The smallest absolute Gasteiger partial charge is 0.259 e. The molecule has 1 saturated carbocycles. The van der Waals surface area contributed by atoms with E-state index in [1.54, 1.807) is 12.3 Å². The van der Waals surface area contributed by atoms with Gasteiger partial charge < -0.3 is 10.2 Å². The second kappa shape index (κ2) is 7.99. The number of hydrogen-bond acceptors (Lipinski definition) is 3. The number of rotatable bonds is 3. The molecule has 0 saturated heterocycles. The van der Waals surface area contributed by atoms with Gasteiger partial charge in [0.05, 0.1) is 11.5 Å². The molecule has 3 aromatic rings. The van der Waals surface area contributed by atoms with E-state index in [9.17, 15) is 9.59 Å². The van der Waals surface area contributed by atoms with E-state index in [0.29, 0.717) is 11.4 Å². The molecular formula is C26H25N3O2. The summed E-state index contributed by atoms with van der Waals surface area (Å²) in [6, 6.07) is 22.8. The molecule has 5 heteroatoms. The molecule has 1 aliphatic carbocycles. The first-order valence-electron chi connectivity index (χ1n) is 10.9. The summed E-state index contributed by atoms with van der Waals surface area (Å²) in [4.78, 5) is 33.8. The number of nitrogens with zero attached hydrogens (tertiary/aromatic N) is 2. The average molecular weight is 412 g/mol. The van der Waals surface area contributed by atoms with E-state index < -0.39 is 11.5 Å². The van der Waals surface area contributed by atoms with Gasteiger partial charge in [0.15, 0.2) is 0 Å². The number of benzene rings is 2. The minimum atomic E-state index is -0.593. The molecule has 1 aromatic heterocycles.